The van der Waals surface area contributed by atoms with Crippen molar-refractivity contribution < 1.29 is 66.5 Å². The summed E-state index contributed by atoms with van der Waals surface area (Å²) in [5.41, 5.74) is 15.3. The van der Waals surface area contributed by atoms with E-state index in [1.807, 2.05) is 125 Å². The van der Waals surface area contributed by atoms with Crippen molar-refractivity contribution in [2.75, 3.05) is 14.2 Å². The Morgan fingerprint density at radius 1 is 0.421 bits per heavy atom. The minimum absolute atomic E-state index is 0. The number of para-hydroxylation sites is 4. The molecular formula is C52H56B2F8FeN10O3. The normalized spacial score (nSPS) is 10.7. The Hall–Kier alpha value is -7.49. The van der Waals surface area contributed by atoms with E-state index in [1.165, 1.54) is 11.1 Å². The maximum Gasteiger partial charge on any atom is 2.00 e. The molecule has 0 fully saturated rings. The predicted octanol–water partition coefficient (Wildman–Crippen LogP) is 13.6. The third-order valence-corrected chi connectivity index (χ3v) is 9.71. The molecule has 0 saturated heterocycles. The van der Waals surface area contributed by atoms with E-state index in [0.717, 1.165) is 105 Å². The molecule has 10 rings (SSSR count). The van der Waals surface area contributed by atoms with Crippen LogP contribution in [-0.4, -0.2) is 101 Å². The van der Waals surface area contributed by atoms with Crippen molar-refractivity contribution in [2.45, 2.75) is 53.8 Å². The summed E-state index contributed by atoms with van der Waals surface area (Å²) < 4.78 is 83.2. The number of halogens is 8. The van der Waals surface area contributed by atoms with Gasteiger partial charge in [-0.05, 0) is 113 Å². The van der Waals surface area contributed by atoms with Gasteiger partial charge < -0.3 is 59.4 Å². The first-order valence-electron chi connectivity index (χ1n) is 23.0. The molecule has 0 unspecified atom stereocenters. The monoisotopic (exact) mass is 1100 g/mol. The van der Waals surface area contributed by atoms with Crippen LogP contribution in [0.15, 0.2) is 146 Å². The second kappa shape index (κ2) is 30.2. The van der Waals surface area contributed by atoms with Gasteiger partial charge in [-0.3, -0.25) is 10.2 Å². The molecular weight excluding hydrogens is 1040 g/mol. The van der Waals surface area contributed by atoms with Crippen LogP contribution in [0.5, 0.6) is 0 Å². The van der Waals surface area contributed by atoms with Crippen molar-refractivity contribution in [3.05, 3.63) is 157 Å². The van der Waals surface area contributed by atoms with Crippen LogP contribution in [0.2, 0.25) is 0 Å². The number of hydrogen-bond acceptors (Lipinski definition) is 9. The molecule has 0 aliphatic carbocycles. The molecule has 6 N–H and O–H groups in total. The van der Waals surface area contributed by atoms with Gasteiger partial charge in [0.05, 0.1) is 57.1 Å². The van der Waals surface area contributed by atoms with Crippen LogP contribution >= 0.6 is 0 Å². The average molecular weight is 1100 g/mol. The topological polar surface area (TPSA) is 190 Å². The molecule has 13 nitrogen and oxygen atoms in total. The fraction of sp³-hybridized carbons (Fsp3) is 0.192. The first-order chi connectivity index (χ1) is 35.6. The second-order valence-corrected chi connectivity index (χ2v) is 16.3. The number of hydrogen-bond donors (Lipinski definition) is 6. The number of ether oxygens (including phenoxy) is 1. The Labute approximate surface area is 444 Å². The Bertz CT molecular complexity index is 2960. The molecule has 0 spiro atoms. The molecule has 402 valence electrons. The van der Waals surface area contributed by atoms with Crippen LogP contribution in [0.3, 0.4) is 0 Å². The third-order valence-electron chi connectivity index (χ3n) is 9.71. The summed E-state index contributed by atoms with van der Waals surface area (Å²) in [4.78, 5) is 25.4. The van der Waals surface area contributed by atoms with Crippen LogP contribution in [0.4, 0.5) is 34.5 Å². The number of benzene rings is 4. The number of aryl methyl sites for hydroxylation is 2. The Kier molecular flexibility index (Phi) is 24.9. The summed E-state index contributed by atoms with van der Waals surface area (Å²) in [7, 11) is -10.0. The van der Waals surface area contributed by atoms with Crippen LogP contribution in [-0.2, 0) is 21.8 Å². The Morgan fingerprint density at radius 2 is 0.737 bits per heavy atom. The molecule has 0 atom stereocenters. The zero-order chi connectivity index (χ0) is 55.3. The summed E-state index contributed by atoms with van der Waals surface area (Å²) in [6.45, 7) is 12.3. The van der Waals surface area contributed by atoms with Gasteiger partial charge >= 0.3 is 31.6 Å². The zero-order valence-corrected chi connectivity index (χ0v) is 43.6. The van der Waals surface area contributed by atoms with E-state index in [2.05, 4.69) is 103 Å². The zero-order valence-electron chi connectivity index (χ0n) is 42.5. The average Bonchev–Trinajstić information content (AvgIpc) is 4.22. The standard InChI is InChI=1S/2C22H17N5.C6H14O.2CH4O.2BF4.Fe/c2*1-14-9-11-15(12-10-14)20-13-21(27-26-20)18-7-4-8-19(23-18)22-24-16-5-2-3-6-17(16)25-22;1-5(2)7-6(3)4;2*1-2;2*2-1(3,4)5;/h2*2-13H,1H3,(H,24,25)(H,26,27);5-6H,1-4H3;2*2H,1H3;;;/q;;;;;2*-1;+2. The number of imidazole rings is 2. The van der Waals surface area contributed by atoms with Crippen molar-refractivity contribution in [3.63, 3.8) is 0 Å². The molecule has 0 bridgehead atoms. The summed E-state index contributed by atoms with van der Waals surface area (Å²) in [5, 5.41) is 29.1. The minimum atomic E-state index is -6.00. The van der Waals surface area contributed by atoms with E-state index in [4.69, 9.17) is 24.9 Å². The van der Waals surface area contributed by atoms with Gasteiger partial charge in [0, 0.05) is 14.2 Å². The molecule has 10 aromatic rings. The van der Waals surface area contributed by atoms with Gasteiger partial charge in [0.2, 0.25) is 0 Å². The predicted molar refractivity (Wildman–Crippen MR) is 282 cm³/mol. The molecule has 0 aliphatic rings. The number of nitrogens with zero attached hydrogens (tertiary/aromatic N) is 6. The molecule has 76 heavy (non-hydrogen) atoms. The largest absolute Gasteiger partial charge is 2.00 e. The van der Waals surface area contributed by atoms with Crippen LogP contribution < -0.4 is 0 Å². The molecule has 24 heteroatoms. The number of aromatic nitrogens is 10. The minimum Gasteiger partial charge on any atom is -0.418 e. The summed E-state index contributed by atoms with van der Waals surface area (Å²) in [6, 6.07) is 48.5. The number of fused-ring (bicyclic) bond motifs is 2. The van der Waals surface area contributed by atoms with Gasteiger partial charge in [-0.2, -0.15) is 10.2 Å². The quantitative estimate of drug-likeness (QED) is 0.0635. The number of nitrogens with one attached hydrogen (secondary N) is 4. The molecule has 6 heterocycles. The van der Waals surface area contributed by atoms with E-state index >= 15 is 0 Å². The number of rotatable bonds is 8. The molecule has 0 saturated carbocycles. The first kappa shape index (κ1) is 62.8. The molecule has 0 radical (unpaired) electrons. The van der Waals surface area contributed by atoms with Crippen molar-refractivity contribution in [2.24, 2.45) is 0 Å². The van der Waals surface area contributed by atoms with E-state index in [9.17, 15) is 34.5 Å². The molecule has 0 aliphatic heterocycles. The maximum atomic E-state index is 9.75. The van der Waals surface area contributed by atoms with Gasteiger partial charge in [-0.25, -0.2) is 19.9 Å². The molecule has 4 aromatic carbocycles. The van der Waals surface area contributed by atoms with Crippen molar-refractivity contribution in [3.8, 4) is 68.3 Å². The Morgan fingerprint density at radius 3 is 1.04 bits per heavy atom. The van der Waals surface area contributed by atoms with E-state index in [1.54, 1.807) is 0 Å². The summed E-state index contributed by atoms with van der Waals surface area (Å²) in [6.07, 6.45) is 0.750. The number of aliphatic hydroxyl groups excluding tert-OH is 2. The molecule has 6 aromatic heterocycles. The number of aliphatic hydroxyl groups is 2. The van der Waals surface area contributed by atoms with Gasteiger partial charge in [-0.1, -0.05) is 96.1 Å². The maximum absolute atomic E-state index is 9.75. The Balaban J connectivity index is 0.000000291. The number of H-pyrrole nitrogens is 4. The second-order valence-electron chi connectivity index (χ2n) is 16.3. The van der Waals surface area contributed by atoms with E-state index in [-0.39, 0.29) is 17.1 Å². The van der Waals surface area contributed by atoms with E-state index < -0.39 is 14.5 Å². The van der Waals surface area contributed by atoms with Crippen molar-refractivity contribution >= 4 is 36.6 Å². The number of pyridine rings is 2. The van der Waals surface area contributed by atoms with Crippen molar-refractivity contribution in [1.82, 2.24) is 50.3 Å². The van der Waals surface area contributed by atoms with Gasteiger partial charge in [0.1, 0.15) is 22.8 Å². The smallest absolute Gasteiger partial charge is 0.418 e. The fourth-order valence-electron chi connectivity index (χ4n) is 6.78. The van der Waals surface area contributed by atoms with Crippen LogP contribution in [0, 0.1) is 13.8 Å². The van der Waals surface area contributed by atoms with E-state index in [0.29, 0.717) is 12.2 Å². The van der Waals surface area contributed by atoms with Crippen LogP contribution in [0.1, 0.15) is 38.8 Å². The summed E-state index contributed by atoms with van der Waals surface area (Å²) >= 11 is 0. The van der Waals surface area contributed by atoms with Crippen LogP contribution in [0.25, 0.3) is 90.4 Å². The summed E-state index contributed by atoms with van der Waals surface area (Å²) in [5.74, 6) is 1.51. The first-order valence-corrected chi connectivity index (χ1v) is 23.0. The third kappa shape index (κ3) is 21.0. The van der Waals surface area contributed by atoms with Gasteiger partial charge in [0.15, 0.2) is 11.6 Å². The number of aromatic amines is 4. The van der Waals surface area contributed by atoms with Crippen molar-refractivity contribution in [1.29, 1.82) is 0 Å². The fourth-order valence-corrected chi connectivity index (χ4v) is 6.78. The molecule has 0 amide bonds. The van der Waals surface area contributed by atoms with Gasteiger partial charge in [0.25, 0.3) is 0 Å². The van der Waals surface area contributed by atoms with Gasteiger partial charge in [-0.15, -0.1) is 0 Å². The SMILES string of the molecule is CC(C)OC(C)C.CO.CO.Cc1ccc(-c2cc(-c3cccc(-c4nc5ccccc5[nH]4)n3)n[nH]2)cc1.Cc1ccc(-c2cc(-c3cccc(-c4nc5ccccc5[nH]4)n3)n[nH]2)cc1.F[B-](F)(F)F.F[B-](F)(F)F.[Fe+2].